The van der Waals surface area contributed by atoms with E-state index in [1.165, 1.54) is 4.68 Å². The van der Waals surface area contributed by atoms with Gasteiger partial charge in [0.25, 0.3) is 23.3 Å². The first-order valence-electron chi connectivity index (χ1n) is 10.8. The zero-order chi connectivity index (χ0) is 24.6. The van der Waals surface area contributed by atoms with Gasteiger partial charge >= 0.3 is 0 Å². The quantitative estimate of drug-likeness (QED) is 0.544. The van der Waals surface area contributed by atoms with Crippen molar-refractivity contribution in [3.63, 3.8) is 0 Å². The van der Waals surface area contributed by atoms with Crippen molar-refractivity contribution in [1.29, 1.82) is 0 Å². The van der Waals surface area contributed by atoms with Gasteiger partial charge in [0.1, 0.15) is 12.3 Å². The van der Waals surface area contributed by atoms with Gasteiger partial charge in [-0.25, -0.2) is 4.68 Å². The number of anilines is 1. The molecule has 3 aromatic rings. The number of nitrogens with zero attached hydrogens (tertiary/aromatic N) is 3. The molecule has 0 saturated carbocycles. The minimum atomic E-state index is -0.976. The maximum absolute atomic E-state index is 12.9. The molecule has 2 heterocycles. The highest BCUT2D eigenvalue weighted by Gasteiger charge is 2.44. The average molecular weight is 463 g/mol. The number of rotatable bonds is 7. The van der Waals surface area contributed by atoms with Gasteiger partial charge in [-0.3, -0.25) is 28.8 Å². The van der Waals surface area contributed by atoms with Crippen LogP contribution in [-0.2, 0) is 16.6 Å². The molecule has 4 rings (SSSR count). The maximum atomic E-state index is 12.9. The summed E-state index contributed by atoms with van der Waals surface area (Å²) in [7, 11) is 1.74. The molecule has 3 amide bonds. The Morgan fingerprint density at radius 2 is 1.50 bits per heavy atom. The SMILES string of the molecule is Cc1c(NC(=O)COCC(C)(C)N2C(=O)c3ccccc3C2=O)c(=O)n(-c2ccccc2)n1C. The fraction of sp³-hybridized carbons (Fsp3) is 0.280. The number of nitrogens with one attached hydrogen (secondary N) is 1. The zero-order valence-electron chi connectivity index (χ0n) is 19.5. The molecule has 9 heteroatoms. The molecule has 1 aromatic heterocycles. The maximum Gasteiger partial charge on any atom is 0.295 e. The van der Waals surface area contributed by atoms with Crippen LogP contribution in [0.15, 0.2) is 59.4 Å². The number of carbonyl (C=O) groups excluding carboxylic acids is 3. The summed E-state index contributed by atoms with van der Waals surface area (Å²) in [6, 6.07) is 15.8. The first kappa shape index (κ1) is 23.2. The van der Waals surface area contributed by atoms with Crippen LogP contribution in [0.5, 0.6) is 0 Å². The monoisotopic (exact) mass is 462 g/mol. The summed E-state index contributed by atoms with van der Waals surface area (Å²) in [5.41, 5.74) is 0.813. The minimum Gasteiger partial charge on any atom is -0.369 e. The molecule has 176 valence electrons. The van der Waals surface area contributed by atoms with E-state index in [1.807, 2.05) is 18.2 Å². The van der Waals surface area contributed by atoms with Crippen LogP contribution >= 0.6 is 0 Å². The van der Waals surface area contributed by atoms with E-state index < -0.39 is 11.4 Å². The van der Waals surface area contributed by atoms with Crippen LogP contribution in [0, 0.1) is 6.92 Å². The van der Waals surface area contributed by atoms with Crippen molar-refractivity contribution in [1.82, 2.24) is 14.3 Å². The molecule has 2 aromatic carbocycles. The summed E-state index contributed by atoms with van der Waals surface area (Å²) in [5.74, 6) is -1.29. The van der Waals surface area contributed by atoms with E-state index >= 15 is 0 Å². The van der Waals surface area contributed by atoms with E-state index in [1.54, 1.807) is 68.9 Å². The molecular formula is C25H26N4O5. The standard InChI is InChI=1S/C25H26N4O5/c1-16-21(24(33)29(27(16)4)17-10-6-5-7-11-17)26-20(30)14-34-15-25(2,3)28-22(31)18-12-8-9-13-19(18)23(28)32/h5-13H,14-15H2,1-4H3,(H,26,30). The molecule has 0 bridgehead atoms. The van der Waals surface area contributed by atoms with E-state index in [9.17, 15) is 19.2 Å². The van der Waals surface area contributed by atoms with Gasteiger partial charge in [0.2, 0.25) is 0 Å². The lowest BCUT2D eigenvalue weighted by atomic mass is 10.0. The Kier molecular flexibility index (Phi) is 5.97. The third kappa shape index (κ3) is 3.94. The number of hydrogen-bond donors (Lipinski definition) is 1. The minimum absolute atomic E-state index is 0.0477. The Hall–Kier alpha value is -3.98. The van der Waals surface area contributed by atoms with E-state index in [4.69, 9.17) is 4.74 Å². The van der Waals surface area contributed by atoms with Crippen LogP contribution < -0.4 is 10.9 Å². The zero-order valence-corrected chi connectivity index (χ0v) is 19.5. The molecule has 1 aliphatic rings. The lowest BCUT2D eigenvalue weighted by molar-refractivity contribution is -0.121. The van der Waals surface area contributed by atoms with E-state index in [0.29, 0.717) is 22.5 Å². The van der Waals surface area contributed by atoms with Crippen LogP contribution in [0.2, 0.25) is 0 Å². The number of benzene rings is 2. The summed E-state index contributed by atoms with van der Waals surface area (Å²) in [4.78, 5) is 52.1. The average Bonchev–Trinajstić information content (AvgIpc) is 3.19. The van der Waals surface area contributed by atoms with Crippen molar-refractivity contribution in [3.05, 3.63) is 81.8 Å². The number of fused-ring (bicyclic) bond motifs is 1. The van der Waals surface area contributed by atoms with Gasteiger partial charge in [-0.05, 0) is 45.0 Å². The number of imide groups is 1. The van der Waals surface area contributed by atoms with Gasteiger partial charge in [-0.2, -0.15) is 0 Å². The van der Waals surface area contributed by atoms with Crippen LogP contribution in [0.25, 0.3) is 5.69 Å². The molecule has 1 N–H and O–H groups in total. The third-order valence-corrected chi connectivity index (χ3v) is 5.91. The summed E-state index contributed by atoms with van der Waals surface area (Å²) in [5, 5.41) is 2.63. The second-order valence-corrected chi connectivity index (χ2v) is 8.78. The molecule has 0 saturated heterocycles. The highest BCUT2D eigenvalue weighted by atomic mass is 16.5. The lowest BCUT2D eigenvalue weighted by Crippen LogP contribution is -2.50. The van der Waals surface area contributed by atoms with E-state index in [-0.39, 0.29) is 36.3 Å². The van der Waals surface area contributed by atoms with Gasteiger partial charge < -0.3 is 10.1 Å². The van der Waals surface area contributed by atoms with E-state index in [2.05, 4.69) is 5.32 Å². The second kappa shape index (κ2) is 8.75. The number of hydrogen-bond acceptors (Lipinski definition) is 5. The van der Waals surface area contributed by atoms with Crippen LogP contribution in [0.4, 0.5) is 5.69 Å². The smallest absolute Gasteiger partial charge is 0.295 e. The van der Waals surface area contributed by atoms with Crippen molar-refractivity contribution >= 4 is 23.4 Å². The fourth-order valence-corrected chi connectivity index (χ4v) is 4.08. The Morgan fingerprint density at radius 1 is 0.941 bits per heavy atom. The highest BCUT2D eigenvalue weighted by molar-refractivity contribution is 6.21. The van der Waals surface area contributed by atoms with E-state index in [0.717, 1.165) is 4.90 Å². The van der Waals surface area contributed by atoms with Crippen LogP contribution in [0.1, 0.15) is 40.3 Å². The first-order chi connectivity index (χ1) is 16.1. The lowest BCUT2D eigenvalue weighted by Gasteiger charge is -2.33. The normalized spacial score (nSPS) is 13.4. The van der Waals surface area contributed by atoms with Gasteiger partial charge in [0.05, 0.1) is 34.7 Å². The molecule has 0 fully saturated rings. The summed E-state index contributed by atoms with van der Waals surface area (Å²) in [6.45, 7) is 4.75. The van der Waals surface area contributed by atoms with Crippen molar-refractivity contribution in [3.8, 4) is 5.69 Å². The molecule has 0 aliphatic carbocycles. The predicted molar refractivity (Wildman–Crippen MR) is 126 cm³/mol. The van der Waals surface area contributed by atoms with Gasteiger partial charge in [-0.15, -0.1) is 0 Å². The number of para-hydroxylation sites is 1. The number of amides is 3. The first-order valence-corrected chi connectivity index (χ1v) is 10.8. The molecule has 0 radical (unpaired) electrons. The number of carbonyl (C=O) groups is 3. The van der Waals surface area contributed by atoms with Gasteiger partial charge in [-0.1, -0.05) is 30.3 Å². The Morgan fingerprint density at radius 3 is 2.09 bits per heavy atom. The molecule has 0 atom stereocenters. The molecular weight excluding hydrogens is 436 g/mol. The van der Waals surface area contributed by atoms with Crippen molar-refractivity contribution in [2.45, 2.75) is 26.3 Å². The summed E-state index contributed by atoms with van der Waals surface area (Å²) >= 11 is 0. The van der Waals surface area contributed by atoms with Crippen molar-refractivity contribution < 1.29 is 19.1 Å². The van der Waals surface area contributed by atoms with Crippen LogP contribution in [-0.4, -0.2) is 50.7 Å². The fourth-order valence-electron chi connectivity index (χ4n) is 4.08. The molecule has 1 aliphatic heterocycles. The molecule has 34 heavy (non-hydrogen) atoms. The Balaban J connectivity index is 1.41. The van der Waals surface area contributed by atoms with Crippen molar-refractivity contribution in [2.75, 3.05) is 18.5 Å². The third-order valence-electron chi connectivity index (χ3n) is 5.91. The number of aromatic nitrogens is 2. The van der Waals surface area contributed by atoms with Gasteiger partial charge in [0.15, 0.2) is 0 Å². The predicted octanol–water partition coefficient (Wildman–Crippen LogP) is 2.51. The summed E-state index contributed by atoms with van der Waals surface area (Å²) in [6.07, 6.45) is 0. The molecule has 9 nitrogen and oxygen atoms in total. The highest BCUT2D eigenvalue weighted by Crippen LogP contribution is 2.29. The Bertz CT molecular complexity index is 1300. The topological polar surface area (TPSA) is 103 Å². The number of ether oxygens (including phenoxy) is 1. The molecule has 0 unspecified atom stereocenters. The van der Waals surface area contributed by atoms with Crippen molar-refractivity contribution in [2.24, 2.45) is 7.05 Å². The summed E-state index contributed by atoms with van der Waals surface area (Å²) < 4.78 is 8.70. The Labute approximate surface area is 196 Å². The van der Waals surface area contributed by atoms with Crippen LogP contribution in [0.3, 0.4) is 0 Å². The van der Waals surface area contributed by atoms with Gasteiger partial charge in [0, 0.05) is 7.05 Å². The molecule has 0 spiro atoms. The second-order valence-electron chi connectivity index (χ2n) is 8.78. The largest absolute Gasteiger partial charge is 0.369 e.